The molecule has 0 saturated heterocycles. The highest BCUT2D eigenvalue weighted by Crippen LogP contribution is 2.09. The number of hydrogen-bond acceptors (Lipinski definition) is 4. The van der Waals surface area contributed by atoms with Crippen molar-refractivity contribution < 1.29 is 0 Å². The van der Waals surface area contributed by atoms with E-state index in [4.69, 9.17) is 0 Å². The first-order valence-corrected chi connectivity index (χ1v) is 3.88. The molecule has 0 bridgehead atoms. The standard InChI is InChI=1S/C9H8N4/c1-2-4-10-5-8(3-1)9-12-6-11-7-13-9/h1-7,10H. The van der Waals surface area contributed by atoms with E-state index >= 15 is 0 Å². The average molecular weight is 172 g/mol. The van der Waals surface area contributed by atoms with Crippen LogP contribution in [0.3, 0.4) is 0 Å². The summed E-state index contributed by atoms with van der Waals surface area (Å²) in [5, 5.41) is 2.99. The highest BCUT2D eigenvalue weighted by atomic mass is 15.0. The fraction of sp³-hybridized carbons (Fsp3) is 0. The van der Waals surface area contributed by atoms with Crippen LogP contribution in [0.2, 0.25) is 0 Å². The van der Waals surface area contributed by atoms with Crippen LogP contribution in [0.4, 0.5) is 0 Å². The molecule has 1 aromatic heterocycles. The van der Waals surface area contributed by atoms with Crippen molar-refractivity contribution in [1.29, 1.82) is 0 Å². The van der Waals surface area contributed by atoms with Crippen LogP contribution in [0.25, 0.3) is 5.57 Å². The van der Waals surface area contributed by atoms with Crippen molar-refractivity contribution in [3.63, 3.8) is 0 Å². The van der Waals surface area contributed by atoms with Gasteiger partial charge in [-0.2, -0.15) is 0 Å². The SMILES string of the molecule is C1=CNC=C(c2ncncn2)C=C1. The van der Waals surface area contributed by atoms with Gasteiger partial charge in [0.1, 0.15) is 12.7 Å². The molecule has 0 atom stereocenters. The lowest BCUT2D eigenvalue weighted by atomic mass is 10.2. The summed E-state index contributed by atoms with van der Waals surface area (Å²) in [7, 11) is 0. The summed E-state index contributed by atoms with van der Waals surface area (Å²) in [6.07, 6.45) is 12.4. The van der Waals surface area contributed by atoms with Gasteiger partial charge in [0.15, 0.2) is 5.82 Å². The van der Waals surface area contributed by atoms with Gasteiger partial charge in [0.05, 0.1) is 0 Å². The first-order valence-electron chi connectivity index (χ1n) is 3.88. The van der Waals surface area contributed by atoms with Gasteiger partial charge in [-0.15, -0.1) is 0 Å². The summed E-state index contributed by atoms with van der Waals surface area (Å²) in [6.45, 7) is 0. The van der Waals surface area contributed by atoms with Crippen LogP contribution in [0.5, 0.6) is 0 Å². The van der Waals surface area contributed by atoms with Crippen LogP contribution < -0.4 is 5.32 Å². The van der Waals surface area contributed by atoms with Crippen molar-refractivity contribution in [2.45, 2.75) is 0 Å². The quantitative estimate of drug-likeness (QED) is 0.683. The minimum absolute atomic E-state index is 0.669. The van der Waals surface area contributed by atoms with Gasteiger partial charge in [-0.3, -0.25) is 0 Å². The summed E-state index contributed by atoms with van der Waals surface area (Å²) >= 11 is 0. The minimum atomic E-state index is 0.669. The zero-order valence-corrected chi connectivity index (χ0v) is 6.88. The van der Waals surface area contributed by atoms with Crippen LogP contribution in [0, 0.1) is 0 Å². The molecule has 0 saturated carbocycles. The number of aromatic nitrogens is 3. The van der Waals surface area contributed by atoms with E-state index in [-0.39, 0.29) is 0 Å². The Balaban J connectivity index is 2.32. The van der Waals surface area contributed by atoms with Crippen molar-refractivity contribution in [2.75, 3.05) is 0 Å². The van der Waals surface area contributed by atoms with Gasteiger partial charge < -0.3 is 5.32 Å². The molecular weight excluding hydrogens is 164 g/mol. The van der Waals surface area contributed by atoms with Crippen LogP contribution in [0.15, 0.2) is 43.3 Å². The van der Waals surface area contributed by atoms with E-state index < -0.39 is 0 Å². The lowest BCUT2D eigenvalue weighted by Gasteiger charge is -1.97. The number of nitrogens with zero attached hydrogens (tertiary/aromatic N) is 3. The van der Waals surface area contributed by atoms with Crippen molar-refractivity contribution in [2.24, 2.45) is 0 Å². The average Bonchev–Trinajstić information content (AvgIpc) is 2.47. The molecule has 0 aliphatic carbocycles. The molecule has 0 aromatic carbocycles. The molecule has 1 aromatic rings. The number of hydrogen-bond donors (Lipinski definition) is 1. The predicted molar refractivity (Wildman–Crippen MR) is 49.2 cm³/mol. The zero-order chi connectivity index (χ0) is 8.93. The van der Waals surface area contributed by atoms with Gasteiger partial charge in [-0.25, -0.2) is 15.0 Å². The summed E-state index contributed by atoms with van der Waals surface area (Å²) in [5.74, 6) is 0.669. The summed E-state index contributed by atoms with van der Waals surface area (Å²) < 4.78 is 0. The Labute approximate surface area is 75.8 Å². The van der Waals surface area contributed by atoms with E-state index in [1.54, 1.807) is 0 Å². The molecule has 0 radical (unpaired) electrons. The molecule has 1 N–H and O–H groups in total. The Morgan fingerprint density at radius 1 is 1.08 bits per heavy atom. The van der Waals surface area contributed by atoms with Crippen LogP contribution >= 0.6 is 0 Å². The lowest BCUT2D eigenvalue weighted by molar-refractivity contribution is 1.01. The van der Waals surface area contributed by atoms with Gasteiger partial charge in [0, 0.05) is 18.0 Å². The molecular formula is C9H8N4. The summed E-state index contributed by atoms with van der Waals surface area (Å²) in [5.41, 5.74) is 0.937. The highest BCUT2D eigenvalue weighted by Gasteiger charge is 1.99. The van der Waals surface area contributed by atoms with Gasteiger partial charge in [-0.1, -0.05) is 6.08 Å². The molecule has 4 heteroatoms. The molecule has 1 aliphatic heterocycles. The molecule has 0 unspecified atom stereocenters. The Morgan fingerprint density at radius 3 is 2.77 bits per heavy atom. The van der Waals surface area contributed by atoms with Crippen LogP contribution in [-0.2, 0) is 0 Å². The highest BCUT2D eigenvalue weighted by molar-refractivity contribution is 5.69. The Hall–Kier alpha value is -1.97. The molecule has 2 heterocycles. The molecule has 1 aliphatic rings. The van der Waals surface area contributed by atoms with E-state index in [0.29, 0.717) is 5.82 Å². The second-order valence-corrected chi connectivity index (χ2v) is 2.45. The minimum Gasteiger partial charge on any atom is -0.367 e. The normalized spacial score (nSPS) is 14.6. The van der Waals surface area contributed by atoms with Gasteiger partial charge >= 0.3 is 0 Å². The van der Waals surface area contributed by atoms with Gasteiger partial charge in [0.2, 0.25) is 0 Å². The Bertz CT molecular complexity index is 364. The predicted octanol–water partition coefficient (Wildman–Crippen LogP) is 0.886. The van der Waals surface area contributed by atoms with Crippen molar-refractivity contribution in [3.8, 4) is 0 Å². The third-order valence-corrected chi connectivity index (χ3v) is 1.57. The van der Waals surface area contributed by atoms with E-state index in [1.165, 1.54) is 12.7 Å². The number of rotatable bonds is 1. The first-order chi connectivity index (χ1) is 6.47. The fourth-order valence-corrected chi connectivity index (χ4v) is 0.984. The van der Waals surface area contributed by atoms with Crippen LogP contribution in [0.1, 0.15) is 5.82 Å². The van der Waals surface area contributed by atoms with E-state index in [0.717, 1.165) is 5.57 Å². The maximum Gasteiger partial charge on any atom is 0.164 e. The molecule has 64 valence electrons. The smallest absolute Gasteiger partial charge is 0.164 e. The Morgan fingerprint density at radius 2 is 1.92 bits per heavy atom. The van der Waals surface area contributed by atoms with E-state index in [9.17, 15) is 0 Å². The first kappa shape index (κ1) is 7.67. The van der Waals surface area contributed by atoms with E-state index in [1.807, 2.05) is 30.6 Å². The van der Waals surface area contributed by atoms with Crippen molar-refractivity contribution in [3.05, 3.63) is 49.1 Å². The lowest BCUT2D eigenvalue weighted by Crippen LogP contribution is -1.97. The molecule has 2 rings (SSSR count). The topological polar surface area (TPSA) is 50.7 Å². The second kappa shape index (κ2) is 3.62. The van der Waals surface area contributed by atoms with Crippen molar-refractivity contribution in [1.82, 2.24) is 20.3 Å². The molecule has 0 amide bonds. The molecule has 0 spiro atoms. The summed E-state index contributed by atoms with van der Waals surface area (Å²) in [4.78, 5) is 11.8. The zero-order valence-electron chi connectivity index (χ0n) is 6.88. The largest absolute Gasteiger partial charge is 0.367 e. The monoisotopic (exact) mass is 172 g/mol. The van der Waals surface area contributed by atoms with Crippen LogP contribution in [-0.4, -0.2) is 15.0 Å². The fourth-order valence-electron chi connectivity index (χ4n) is 0.984. The molecule has 4 nitrogen and oxygen atoms in total. The maximum absolute atomic E-state index is 4.03. The third-order valence-electron chi connectivity index (χ3n) is 1.57. The number of allylic oxidation sites excluding steroid dienone is 4. The van der Waals surface area contributed by atoms with Gasteiger partial charge in [0.25, 0.3) is 0 Å². The molecule has 13 heavy (non-hydrogen) atoms. The van der Waals surface area contributed by atoms with E-state index in [2.05, 4.69) is 20.3 Å². The number of nitrogens with one attached hydrogen (secondary N) is 1. The second-order valence-electron chi connectivity index (χ2n) is 2.45. The van der Waals surface area contributed by atoms with Crippen molar-refractivity contribution >= 4 is 5.57 Å². The molecule has 0 fully saturated rings. The maximum atomic E-state index is 4.03. The Kier molecular flexibility index (Phi) is 2.14. The third kappa shape index (κ3) is 1.79. The van der Waals surface area contributed by atoms with Gasteiger partial charge in [-0.05, 0) is 12.2 Å². The summed E-state index contributed by atoms with van der Waals surface area (Å²) in [6, 6.07) is 0.